The monoisotopic (exact) mass is 345 g/mol. The van der Waals surface area contributed by atoms with Gasteiger partial charge in [0.15, 0.2) is 0 Å². The van der Waals surface area contributed by atoms with E-state index in [0.29, 0.717) is 35.7 Å². The Morgan fingerprint density at radius 1 is 1.28 bits per heavy atom. The van der Waals surface area contributed by atoms with Gasteiger partial charge in [0, 0.05) is 31.3 Å². The van der Waals surface area contributed by atoms with E-state index in [2.05, 4.69) is 5.32 Å². The highest BCUT2D eigenvalue weighted by atomic mass is 16.6. The van der Waals surface area contributed by atoms with Crippen LogP contribution in [0.4, 0.5) is 5.69 Å². The van der Waals surface area contributed by atoms with Crippen LogP contribution >= 0.6 is 0 Å². The summed E-state index contributed by atoms with van der Waals surface area (Å²) >= 11 is 0. The maximum absolute atomic E-state index is 12.0. The number of amides is 1. The molecule has 3 N–H and O–H groups in total. The van der Waals surface area contributed by atoms with E-state index in [-0.39, 0.29) is 18.2 Å². The lowest BCUT2D eigenvalue weighted by atomic mass is 10.1. The molecule has 8 nitrogen and oxygen atoms in total. The molecule has 0 unspecified atom stereocenters. The summed E-state index contributed by atoms with van der Waals surface area (Å²) in [5, 5.41) is 13.5. The Hall–Kier alpha value is -3.13. The van der Waals surface area contributed by atoms with E-state index in [1.165, 1.54) is 19.2 Å². The number of benzene rings is 2. The van der Waals surface area contributed by atoms with Gasteiger partial charge >= 0.3 is 0 Å². The standard InChI is InChI=1S/C17H19N3O5/c1-24-16-10-14(5-6-15(16)17(21)19-8-7-18)25-11-12-3-2-4-13(9-12)20(22)23/h2-6,9-10H,7-8,11,18H2,1H3,(H,19,21). The number of nitrogens with two attached hydrogens (primary N) is 1. The summed E-state index contributed by atoms with van der Waals surface area (Å²) in [7, 11) is 1.46. The number of non-ortho nitro benzene ring substituents is 1. The Balaban J connectivity index is 2.09. The Morgan fingerprint density at radius 2 is 2.08 bits per heavy atom. The highest BCUT2D eigenvalue weighted by molar-refractivity contribution is 5.97. The molecule has 0 atom stereocenters. The number of ether oxygens (including phenoxy) is 2. The van der Waals surface area contributed by atoms with Crippen LogP contribution in [-0.4, -0.2) is 31.0 Å². The van der Waals surface area contributed by atoms with Gasteiger partial charge in [-0.25, -0.2) is 0 Å². The van der Waals surface area contributed by atoms with Crippen molar-refractivity contribution in [2.75, 3.05) is 20.2 Å². The van der Waals surface area contributed by atoms with E-state index in [9.17, 15) is 14.9 Å². The number of nitro benzene ring substituents is 1. The van der Waals surface area contributed by atoms with Crippen LogP contribution in [0.1, 0.15) is 15.9 Å². The van der Waals surface area contributed by atoms with Crippen molar-refractivity contribution in [1.29, 1.82) is 0 Å². The smallest absolute Gasteiger partial charge is 0.269 e. The third-order valence-corrected chi connectivity index (χ3v) is 3.37. The summed E-state index contributed by atoms with van der Waals surface area (Å²) in [5.41, 5.74) is 6.41. The average molecular weight is 345 g/mol. The summed E-state index contributed by atoms with van der Waals surface area (Å²) in [6.45, 7) is 0.870. The number of nitrogens with zero attached hydrogens (tertiary/aromatic N) is 1. The Bertz CT molecular complexity index is 764. The second-order valence-electron chi connectivity index (χ2n) is 5.12. The summed E-state index contributed by atoms with van der Waals surface area (Å²) in [6.07, 6.45) is 0. The van der Waals surface area contributed by atoms with Crippen molar-refractivity contribution in [3.05, 3.63) is 63.7 Å². The first-order valence-corrected chi connectivity index (χ1v) is 7.57. The average Bonchev–Trinajstić information content (AvgIpc) is 2.64. The first-order chi connectivity index (χ1) is 12.0. The number of nitro groups is 1. The van der Waals surface area contributed by atoms with Crippen LogP contribution < -0.4 is 20.5 Å². The van der Waals surface area contributed by atoms with Crippen LogP contribution in [0, 0.1) is 10.1 Å². The van der Waals surface area contributed by atoms with Crippen molar-refractivity contribution in [3.8, 4) is 11.5 Å². The third-order valence-electron chi connectivity index (χ3n) is 3.37. The lowest BCUT2D eigenvalue weighted by Gasteiger charge is -2.12. The largest absolute Gasteiger partial charge is 0.496 e. The number of hydrogen-bond acceptors (Lipinski definition) is 6. The van der Waals surface area contributed by atoms with Crippen molar-refractivity contribution >= 4 is 11.6 Å². The van der Waals surface area contributed by atoms with E-state index in [1.54, 1.807) is 30.3 Å². The molecule has 1 amide bonds. The van der Waals surface area contributed by atoms with Crippen molar-refractivity contribution in [2.45, 2.75) is 6.61 Å². The summed E-state index contributed by atoms with van der Waals surface area (Å²) in [4.78, 5) is 22.4. The van der Waals surface area contributed by atoms with Gasteiger partial charge in [-0.05, 0) is 17.7 Å². The SMILES string of the molecule is COc1cc(OCc2cccc([N+](=O)[O-])c2)ccc1C(=O)NCCN. The maximum atomic E-state index is 12.0. The minimum atomic E-state index is -0.457. The highest BCUT2D eigenvalue weighted by Crippen LogP contribution is 2.25. The van der Waals surface area contributed by atoms with Gasteiger partial charge in [0.25, 0.3) is 11.6 Å². The zero-order valence-electron chi connectivity index (χ0n) is 13.7. The molecule has 0 heterocycles. The molecule has 8 heteroatoms. The van der Waals surface area contributed by atoms with Crippen molar-refractivity contribution in [2.24, 2.45) is 5.73 Å². The number of hydrogen-bond donors (Lipinski definition) is 2. The Morgan fingerprint density at radius 3 is 2.76 bits per heavy atom. The fraction of sp³-hybridized carbons (Fsp3) is 0.235. The van der Waals surface area contributed by atoms with E-state index >= 15 is 0 Å². The van der Waals surface area contributed by atoms with Gasteiger partial charge in [0.2, 0.25) is 0 Å². The third kappa shape index (κ3) is 4.92. The van der Waals surface area contributed by atoms with E-state index < -0.39 is 4.92 Å². The molecule has 0 saturated carbocycles. The lowest BCUT2D eigenvalue weighted by molar-refractivity contribution is -0.384. The molecule has 0 spiro atoms. The lowest BCUT2D eigenvalue weighted by Crippen LogP contribution is -2.29. The quantitative estimate of drug-likeness (QED) is 0.557. The van der Waals surface area contributed by atoms with E-state index in [1.807, 2.05) is 0 Å². The second kappa shape index (κ2) is 8.65. The van der Waals surface area contributed by atoms with Crippen LogP contribution in [0.25, 0.3) is 0 Å². The Labute approximate surface area is 144 Å². The van der Waals surface area contributed by atoms with E-state index in [4.69, 9.17) is 15.2 Å². The molecular weight excluding hydrogens is 326 g/mol. The molecule has 0 fully saturated rings. The van der Waals surface area contributed by atoms with Gasteiger partial charge in [-0.15, -0.1) is 0 Å². The number of carbonyl (C=O) groups is 1. The summed E-state index contributed by atoms with van der Waals surface area (Å²) in [6, 6.07) is 11.0. The van der Waals surface area contributed by atoms with Crippen LogP contribution in [0.3, 0.4) is 0 Å². The van der Waals surface area contributed by atoms with Gasteiger partial charge in [-0.1, -0.05) is 12.1 Å². The fourth-order valence-electron chi connectivity index (χ4n) is 2.16. The van der Waals surface area contributed by atoms with Gasteiger partial charge in [0.1, 0.15) is 18.1 Å². The minimum Gasteiger partial charge on any atom is -0.496 e. The molecule has 2 aromatic carbocycles. The van der Waals surface area contributed by atoms with Crippen molar-refractivity contribution < 1.29 is 19.2 Å². The number of nitrogens with one attached hydrogen (secondary N) is 1. The summed E-state index contributed by atoms with van der Waals surface area (Å²) < 4.78 is 10.9. The molecule has 25 heavy (non-hydrogen) atoms. The van der Waals surface area contributed by atoms with Crippen molar-refractivity contribution in [3.63, 3.8) is 0 Å². The van der Waals surface area contributed by atoms with Gasteiger partial charge < -0.3 is 20.5 Å². The van der Waals surface area contributed by atoms with Gasteiger partial charge in [-0.2, -0.15) is 0 Å². The highest BCUT2D eigenvalue weighted by Gasteiger charge is 2.13. The molecule has 0 bridgehead atoms. The molecular formula is C17H19N3O5. The zero-order chi connectivity index (χ0) is 18.2. The zero-order valence-corrected chi connectivity index (χ0v) is 13.7. The topological polar surface area (TPSA) is 117 Å². The number of methoxy groups -OCH3 is 1. The first kappa shape index (κ1) is 18.2. The fourth-order valence-corrected chi connectivity index (χ4v) is 2.16. The van der Waals surface area contributed by atoms with Crippen LogP contribution in [0.15, 0.2) is 42.5 Å². The maximum Gasteiger partial charge on any atom is 0.269 e. The minimum absolute atomic E-state index is 0.00519. The molecule has 2 aromatic rings. The molecule has 0 aliphatic carbocycles. The van der Waals surface area contributed by atoms with E-state index in [0.717, 1.165) is 0 Å². The van der Waals surface area contributed by atoms with Gasteiger partial charge in [0.05, 0.1) is 17.6 Å². The molecule has 0 saturated heterocycles. The predicted octanol–water partition coefficient (Wildman–Crippen LogP) is 1.87. The first-order valence-electron chi connectivity index (χ1n) is 7.57. The number of carbonyl (C=O) groups excluding carboxylic acids is 1. The molecule has 0 aliphatic heterocycles. The molecule has 0 aliphatic rings. The molecule has 0 radical (unpaired) electrons. The Kier molecular flexibility index (Phi) is 6.30. The second-order valence-corrected chi connectivity index (χ2v) is 5.12. The molecule has 0 aromatic heterocycles. The van der Waals surface area contributed by atoms with Crippen molar-refractivity contribution in [1.82, 2.24) is 5.32 Å². The van der Waals surface area contributed by atoms with Gasteiger partial charge in [-0.3, -0.25) is 14.9 Å². The molecule has 132 valence electrons. The normalized spacial score (nSPS) is 10.2. The predicted molar refractivity (Wildman–Crippen MR) is 91.8 cm³/mol. The van der Waals surface area contributed by atoms with Crippen LogP contribution in [0.2, 0.25) is 0 Å². The van der Waals surface area contributed by atoms with Crippen LogP contribution in [0.5, 0.6) is 11.5 Å². The summed E-state index contributed by atoms with van der Waals surface area (Å²) in [5.74, 6) is 0.567. The molecule has 2 rings (SSSR count). The number of rotatable bonds is 8. The van der Waals surface area contributed by atoms with Crippen LogP contribution in [-0.2, 0) is 6.61 Å².